The molecule has 1 aliphatic heterocycles. The predicted molar refractivity (Wildman–Crippen MR) is 86.1 cm³/mol. The molecule has 1 aliphatic rings. The molecule has 4 nitrogen and oxygen atoms in total. The van der Waals surface area contributed by atoms with Gasteiger partial charge in [-0.05, 0) is 36.8 Å². The standard InChI is InChI=1S/C18H21NO3/c1-2-20-13-14-4-3-5-17(12-14)19-16-8-6-15(7-9-16)18-21-10-11-22-18/h3-9,12,18-19H,2,10-11,13H2,1H3. The maximum absolute atomic E-state index is 5.49. The summed E-state index contributed by atoms with van der Waals surface area (Å²) in [5.41, 5.74) is 4.30. The summed E-state index contributed by atoms with van der Waals surface area (Å²) in [7, 11) is 0. The van der Waals surface area contributed by atoms with E-state index in [4.69, 9.17) is 14.2 Å². The largest absolute Gasteiger partial charge is 0.377 e. The number of rotatable bonds is 6. The van der Waals surface area contributed by atoms with Crippen molar-refractivity contribution in [3.05, 3.63) is 59.7 Å². The minimum absolute atomic E-state index is 0.219. The molecule has 0 aliphatic carbocycles. The number of hydrogen-bond acceptors (Lipinski definition) is 4. The molecule has 0 spiro atoms. The Hall–Kier alpha value is -1.88. The molecule has 2 aromatic carbocycles. The predicted octanol–water partition coefficient (Wildman–Crippen LogP) is 4.01. The van der Waals surface area contributed by atoms with Gasteiger partial charge in [0.2, 0.25) is 0 Å². The molecule has 0 atom stereocenters. The highest BCUT2D eigenvalue weighted by molar-refractivity contribution is 5.60. The first kappa shape index (κ1) is 15.0. The van der Waals surface area contributed by atoms with Crippen molar-refractivity contribution in [2.75, 3.05) is 25.1 Å². The molecular weight excluding hydrogens is 278 g/mol. The van der Waals surface area contributed by atoms with Crippen molar-refractivity contribution in [2.24, 2.45) is 0 Å². The van der Waals surface area contributed by atoms with Crippen LogP contribution in [0, 0.1) is 0 Å². The van der Waals surface area contributed by atoms with Gasteiger partial charge in [-0.15, -0.1) is 0 Å². The Morgan fingerprint density at radius 2 is 1.82 bits per heavy atom. The van der Waals surface area contributed by atoms with Crippen LogP contribution in [0.25, 0.3) is 0 Å². The van der Waals surface area contributed by atoms with Gasteiger partial charge in [0.05, 0.1) is 19.8 Å². The van der Waals surface area contributed by atoms with E-state index < -0.39 is 0 Å². The van der Waals surface area contributed by atoms with Gasteiger partial charge in [0.25, 0.3) is 0 Å². The molecule has 0 amide bonds. The van der Waals surface area contributed by atoms with Crippen molar-refractivity contribution in [3.63, 3.8) is 0 Å². The summed E-state index contributed by atoms with van der Waals surface area (Å²) in [6, 6.07) is 16.4. The molecule has 2 aromatic rings. The highest BCUT2D eigenvalue weighted by Crippen LogP contribution is 2.25. The van der Waals surface area contributed by atoms with Crippen LogP contribution in [-0.4, -0.2) is 19.8 Å². The molecule has 0 bridgehead atoms. The molecule has 22 heavy (non-hydrogen) atoms. The minimum atomic E-state index is -0.219. The van der Waals surface area contributed by atoms with Gasteiger partial charge in [-0.25, -0.2) is 0 Å². The topological polar surface area (TPSA) is 39.7 Å². The molecule has 0 saturated carbocycles. The van der Waals surface area contributed by atoms with Crippen LogP contribution in [0.5, 0.6) is 0 Å². The average molecular weight is 299 g/mol. The van der Waals surface area contributed by atoms with Crippen LogP contribution < -0.4 is 5.32 Å². The Morgan fingerprint density at radius 1 is 1.05 bits per heavy atom. The van der Waals surface area contributed by atoms with E-state index in [2.05, 4.69) is 17.4 Å². The quantitative estimate of drug-likeness (QED) is 0.874. The highest BCUT2D eigenvalue weighted by atomic mass is 16.7. The van der Waals surface area contributed by atoms with Gasteiger partial charge in [-0.3, -0.25) is 0 Å². The summed E-state index contributed by atoms with van der Waals surface area (Å²) >= 11 is 0. The summed E-state index contributed by atoms with van der Waals surface area (Å²) in [6.45, 7) is 4.70. The van der Waals surface area contributed by atoms with Crippen molar-refractivity contribution in [1.82, 2.24) is 0 Å². The first-order chi connectivity index (χ1) is 10.8. The zero-order valence-corrected chi connectivity index (χ0v) is 12.7. The molecular formula is C18H21NO3. The lowest BCUT2D eigenvalue weighted by atomic mass is 10.1. The fourth-order valence-electron chi connectivity index (χ4n) is 2.40. The lowest BCUT2D eigenvalue weighted by Crippen LogP contribution is -1.98. The third-order valence-corrected chi connectivity index (χ3v) is 3.49. The maximum Gasteiger partial charge on any atom is 0.184 e. The molecule has 0 unspecified atom stereocenters. The second-order valence-corrected chi connectivity index (χ2v) is 5.16. The Kier molecular flexibility index (Phi) is 5.06. The van der Waals surface area contributed by atoms with E-state index in [0.29, 0.717) is 19.8 Å². The van der Waals surface area contributed by atoms with Crippen LogP contribution in [-0.2, 0) is 20.8 Å². The number of hydrogen-bond donors (Lipinski definition) is 1. The average Bonchev–Trinajstić information content (AvgIpc) is 3.08. The summed E-state index contributed by atoms with van der Waals surface area (Å²) in [5, 5.41) is 3.40. The summed E-state index contributed by atoms with van der Waals surface area (Å²) < 4.78 is 16.4. The summed E-state index contributed by atoms with van der Waals surface area (Å²) in [6.07, 6.45) is -0.219. The SMILES string of the molecule is CCOCc1cccc(Nc2ccc(C3OCCO3)cc2)c1. The number of benzene rings is 2. The van der Waals surface area contributed by atoms with Gasteiger partial charge in [0.15, 0.2) is 6.29 Å². The molecule has 3 rings (SSSR count). The molecule has 0 radical (unpaired) electrons. The fraction of sp³-hybridized carbons (Fsp3) is 0.333. The third kappa shape index (κ3) is 3.85. The Balaban J connectivity index is 1.65. The van der Waals surface area contributed by atoms with Gasteiger partial charge in [0.1, 0.15) is 0 Å². The lowest BCUT2D eigenvalue weighted by Gasteiger charge is -2.12. The van der Waals surface area contributed by atoms with E-state index in [0.717, 1.165) is 29.1 Å². The number of ether oxygens (including phenoxy) is 3. The smallest absolute Gasteiger partial charge is 0.184 e. The van der Waals surface area contributed by atoms with E-state index in [1.54, 1.807) is 0 Å². The number of nitrogens with one attached hydrogen (secondary N) is 1. The first-order valence-electron chi connectivity index (χ1n) is 7.62. The van der Waals surface area contributed by atoms with E-state index in [9.17, 15) is 0 Å². The van der Waals surface area contributed by atoms with Crippen molar-refractivity contribution >= 4 is 11.4 Å². The van der Waals surface area contributed by atoms with Crippen LogP contribution in [0.1, 0.15) is 24.3 Å². The van der Waals surface area contributed by atoms with Crippen molar-refractivity contribution in [3.8, 4) is 0 Å². The normalized spacial score (nSPS) is 15.1. The zero-order valence-electron chi connectivity index (χ0n) is 12.7. The monoisotopic (exact) mass is 299 g/mol. The summed E-state index contributed by atoms with van der Waals surface area (Å²) in [5.74, 6) is 0. The van der Waals surface area contributed by atoms with Gasteiger partial charge >= 0.3 is 0 Å². The van der Waals surface area contributed by atoms with Crippen LogP contribution >= 0.6 is 0 Å². The van der Waals surface area contributed by atoms with Gasteiger partial charge in [-0.2, -0.15) is 0 Å². The van der Waals surface area contributed by atoms with E-state index in [1.165, 1.54) is 0 Å². The van der Waals surface area contributed by atoms with Crippen LogP contribution in [0.2, 0.25) is 0 Å². The summed E-state index contributed by atoms with van der Waals surface area (Å²) in [4.78, 5) is 0. The lowest BCUT2D eigenvalue weighted by molar-refractivity contribution is -0.0441. The molecule has 1 N–H and O–H groups in total. The van der Waals surface area contributed by atoms with E-state index >= 15 is 0 Å². The second-order valence-electron chi connectivity index (χ2n) is 5.16. The first-order valence-corrected chi connectivity index (χ1v) is 7.62. The zero-order chi connectivity index (χ0) is 15.2. The second kappa shape index (κ2) is 7.40. The van der Waals surface area contributed by atoms with E-state index in [1.807, 2.05) is 43.3 Å². The van der Waals surface area contributed by atoms with Gasteiger partial charge in [0, 0.05) is 23.5 Å². The Labute approximate surface area is 131 Å². The molecule has 0 aromatic heterocycles. The van der Waals surface area contributed by atoms with Gasteiger partial charge in [-0.1, -0.05) is 24.3 Å². The van der Waals surface area contributed by atoms with Crippen molar-refractivity contribution in [1.29, 1.82) is 0 Å². The molecule has 4 heteroatoms. The Morgan fingerprint density at radius 3 is 2.55 bits per heavy atom. The molecule has 1 fully saturated rings. The Bertz CT molecular complexity index is 592. The van der Waals surface area contributed by atoms with Crippen LogP contribution in [0.4, 0.5) is 11.4 Å². The molecule has 116 valence electrons. The van der Waals surface area contributed by atoms with Gasteiger partial charge < -0.3 is 19.5 Å². The molecule has 1 saturated heterocycles. The minimum Gasteiger partial charge on any atom is -0.377 e. The fourth-order valence-corrected chi connectivity index (χ4v) is 2.40. The third-order valence-electron chi connectivity index (χ3n) is 3.49. The highest BCUT2D eigenvalue weighted by Gasteiger charge is 2.17. The van der Waals surface area contributed by atoms with E-state index in [-0.39, 0.29) is 6.29 Å². The van der Waals surface area contributed by atoms with Crippen molar-refractivity contribution < 1.29 is 14.2 Å². The van der Waals surface area contributed by atoms with Crippen LogP contribution in [0.3, 0.4) is 0 Å². The maximum atomic E-state index is 5.49. The number of anilines is 2. The molecule has 1 heterocycles. The van der Waals surface area contributed by atoms with Crippen molar-refractivity contribution in [2.45, 2.75) is 19.8 Å². The van der Waals surface area contributed by atoms with Crippen LogP contribution in [0.15, 0.2) is 48.5 Å².